The molecule has 1 aromatic carbocycles. The summed E-state index contributed by atoms with van der Waals surface area (Å²) >= 11 is 5.68. The summed E-state index contributed by atoms with van der Waals surface area (Å²) in [5.74, 6) is -0.919. The van der Waals surface area contributed by atoms with Gasteiger partial charge in [-0.1, -0.05) is 17.7 Å². The van der Waals surface area contributed by atoms with E-state index < -0.39 is 15.8 Å². The fraction of sp³-hybridized carbons (Fsp3) is 0.600. The highest BCUT2D eigenvalue weighted by atomic mass is 35.5. The second kappa shape index (κ2) is 7.73. The van der Waals surface area contributed by atoms with E-state index in [1.54, 1.807) is 7.05 Å². The molecular formula is C15H22ClFN2O2S. The Bertz CT molecular complexity index is 604. The zero-order chi connectivity index (χ0) is 16.2. The number of hydrogen-bond donors (Lipinski definition) is 0. The van der Waals surface area contributed by atoms with Crippen molar-refractivity contribution in [2.45, 2.75) is 25.0 Å². The van der Waals surface area contributed by atoms with Crippen molar-refractivity contribution in [1.29, 1.82) is 0 Å². The van der Waals surface area contributed by atoms with Crippen molar-refractivity contribution < 1.29 is 12.8 Å². The summed E-state index contributed by atoms with van der Waals surface area (Å²) in [6.45, 7) is 3.57. The van der Waals surface area contributed by atoms with E-state index >= 15 is 0 Å². The minimum Gasteiger partial charge on any atom is -0.303 e. The van der Waals surface area contributed by atoms with Gasteiger partial charge in [-0.15, -0.1) is 0 Å². The minimum absolute atomic E-state index is 0.149. The molecule has 0 aromatic heterocycles. The van der Waals surface area contributed by atoms with E-state index in [1.807, 2.05) is 0 Å². The van der Waals surface area contributed by atoms with Crippen molar-refractivity contribution in [3.63, 3.8) is 0 Å². The molecule has 0 amide bonds. The van der Waals surface area contributed by atoms with Crippen molar-refractivity contribution in [1.82, 2.24) is 9.21 Å². The van der Waals surface area contributed by atoms with Gasteiger partial charge in [0.2, 0.25) is 10.0 Å². The van der Waals surface area contributed by atoms with Crippen LogP contribution in [-0.2, 0) is 15.8 Å². The zero-order valence-electron chi connectivity index (χ0n) is 12.8. The maximum atomic E-state index is 13.7. The van der Waals surface area contributed by atoms with Crippen LogP contribution in [0.5, 0.6) is 0 Å². The van der Waals surface area contributed by atoms with Crippen molar-refractivity contribution in [2.24, 2.45) is 0 Å². The molecule has 0 saturated carbocycles. The topological polar surface area (TPSA) is 40.6 Å². The second-order valence-corrected chi connectivity index (χ2v) is 8.23. The molecule has 4 nitrogen and oxygen atoms in total. The average Bonchev–Trinajstić information content (AvgIpc) is 2.95. The summed E-state index contributed by atoms with van der Waals surface area (Å²) in [6, 6.07) is 4.07. The number of rotatable bonds is 7. The maximum absolute atomic E-state index is 13.7. The molecule has 0 atom stereocenters. The number of hydrogen-bond acceptors (Lipinski definition) is 3. The molecule has 0 spiro atoms. The lowest BCUT2D eigenvalue weighted by Gasteiger charge is -2.20. The van der Waals surface area contributed by atoms with Crippen LogP contribution >= 0.6 is 11.6 Å². The third-order valence-corrected chi connectivity index (χ3v) is 6.02. The highest BCUT2D eigenvalue weighted by molar-refractivity contribution is 7.88. The molecule has 1 aliphatic heterocycles. The van der Waals surface area contributed by atoms with E-state index in [-0.39, 0.29) is 16.3 Å². The fourth-order valence-corrected chi connectivity index (χ4v) is 4.02. The molecule has 0 radical (unpaired) electrons. The Balaban J connectivity index is 1.88. The molecule has 2 rings (SSSR count). The predicted octanol–water partition coefficient (Wildman–Crippen LogP) is 2.73. The molecule has 7 heteroatoms. The van der Waals surface area contributed by atoms with Crippen LogP contribution in [0.2, 0.25) is 5.02 Å². The molecule has 1 aliphatic rings. The molecule has 1 heterocycles. The highest BCUT2D eigenvalue weighted by Gasteiger charge is 2.21. The maximum Gasteiger partial charge on any atom is 0.218 e. The fourth-order valence-electron chi connectivity index (χ4n) is 2.61. The second-order valence-electron chi connectivity index (χ2n) is 5.72. The van der Waals surface area contributed by atoms with Gasteiger partial charge < -0.3 is 4.90 Å². The number of halogens is 2. The lowest BCUT2D eigenvalue weighted by molar-refractivity contribution is 0.319. The van der Waals surface area contributed by atoms with Crippen molar-refractivity contribution in [3.8, 4) is 0 Å². The number of nitrogens with zero attached hydrogens (tertiary/aromatic N) is 2. The van der Waals surface area contributed by atoms with Gasteiger partial charge in [0.25, 0.3) is 0 Å². The summed E-state index contributed by atoms with van der Waals surface area (Å²) < 4.78 is 39.6. The Kier molecular flexibility index (Phi) is 6.20. The van der Waals surface area contributed by atoms with Gasteiger partial charge in [-0.05, 0) is 51.0 Å². The van der Waals surface area contributed by atoms with Crippen molar-refractivity contribution >= 4 is 21.6 Å². The smallest absolute Gasteiger partial charge is 0.218 e. The molecule has 124 valence electrons. The number of sulfonamides is 1. The van der Waals surface area contributed by atoms with Crippen LogP contribution in [0, 0.1) is 5.82 Å². The van der Waals surface area contributed by atoms with Crippen LogP contribution in [0.3, 0.4) is 0 Å². The first-order valence-electron chi connectivity index (χ1n) is 7.49. The first-order valence-corrected chi connectivity index (χ1v) is 9.47. The average molecular weight is 349 g/mol. The van der Waals surface area contributed by atoms with Gasteiger partial charge in [0.1, 0.15) is 5.82 Å². The van der Waals surface area contributed by atoms with Crippen LogP contribution in [0.25, 0.3) is 0 Å². The Morgan fingerprint density at radius 3 is 2.64 bits per heavy atom. The molecule has 1 aromatic rings. The summed E-state index contributed by atoms with van der Waals surface area (Å²) in [7, 11) is -1.96. The molecule has 0 bridgehead atoms. The lowest BCUT2D eigenvalue weighted by atomic mass is 10.2. The first kappa shape index (κ1) is 17.7. The van der Waals surface area contributed by atoms with Crippen LogP contribution in [0.4, 0.5) is 4.39 Å². The van der Waals surface area contributed by atoms with Gasteiger partial charge in [0.05, 0.1) is 5.75 Å². The third kappa shape index (κ3) is 4.91. The van der Waals surface area contributed by atoms with Gasteiger partial charge in [-0.2, -0.15) is 0 Å². The molecule has 1 saturated heterocycles. The van der Waals surface area contributed by atoms with Gasteiger partial charge in [-0.25, -0.2) is 17.1 Å². The molecule has 0 unspecified atom stereocenters. The van der Waals surface area contributed by atoms with Crippen LogP contribution in [-0.4, -0.2) is 50.8 Å². The minimum atomic E-state index is -3.51. The van der Waals surface area contributed by atoms with Crippen molar-refractivity contribution in [2.75, 3.05) is 33.2 Å². The monoisotopic (exact) mass is 348 g/mol. The first-order chi connectivity index (χ1) is 10.4. The number of likely N-dealkylation sites (tertiary alicyclic amines) is 1. The van der Waals surface area contributed by atoms with Crippen LogP contribution < -0.4 is 0 Å². The summed E-state index contributed by atoms with van der Waals surface area (Å²) in [4.78, 5) is 2.35. The Labute approximate surface area is 136 Å². The normalized spacial score (nSPS) is 16.5. The Hall–Kier alpha value is -0.690. The quantitative estimate of drug-likeness (QED) is 0.760. The summed E-state index contributed by atoms with van der Waals surface area (Å²) in [5, 5.41) is 0.262. The predicted molar refractivity (Wildman–Crippen MR) is 87.0 cm³/mol. The molecule has 0 N–H and O–H groups in total. The zero-order valence-corrected chi connectivity index (χ0v) is 14.3. The van der Waals surface area contributed by atoms with Crippen molar-refractivity contribution in [3.05, 3.63) is 34.6 Å². The molecule has 1 fully saturated rings. The van der Waals surface area contributed by atoms with E-state index in [0.717, 1.165) is 32.1 Å². The van der Waals surface area contributed by atoms with E-state index in [2.05, 4.69) is 4.90 Å². The highest BCUT2D eigenvalue weighted by Crippen LogP contribution is 2.18. The van der Waals surface area contributed by atoms with E-state index in [1.165, 1.54) is 29.3 Å². The SMILES string of the molecule is CN(CCCN1CCCC1)S(=O)(=O)Cc1ccc(Cl)cc1F. The van der Waals surface area contributed by atoms with Gasteiger partial charge in [0, 0.05) is 24.2 Å². The molecular weight excluding hydrogens is 327 g/mol. The van der Waals surface area contributed by atoms with Gasteiger partial charge in [0.15, 0.2) is 0 Å². The Morgan fingerprint density at radius 2 is 2.00 bits per heavy atom. The standard InChI is InChI=1S/C15H22ClFN2O2S/c1-18(7-4-10-19-8-2-3-9-19)22(20,21)12-13-5-6-14(16)11-15(13)17/h5-6,11H,2-4,7-10,12H2,1H3. The van der Waals surface area contributed by atoms with E-state index in [9.17, 15) is 12.8 Å². The van der Waals surface area contributed by atoms with Gasteiger partial charge in [-0.3, -0.25) is 0 Å². The van der Waals surface area contributed by atoms with Crippen LogP contribution in [0.15, 0.2) is 18.2 Å². The van der Waals surface area contributed by atoms with Gasteiger partial charge >= 0.3 is 0 Å². The largest absolute Gasteiger partial charge is 0.303 e. The lowest BCUT2D eigenvalue weighted by Crippen LogP contribution is -2.31. The third-order valence-electron chi connectivity index (χ3n) is 3.97. The molecule has 22 heavy (non-hydrogen) atoms. The molecule has 0 aliphatic carbocycles. The summed E-state index contributed by atoms with van der Waals surface area (Å²) in [5.41, 5.74) is 0.149. The Morgan fingerprint density at radius 1 is 1.32 bits per heavy atom. The summed E-state index contributed by atoms with van der Waals surface area (Å²) in [6.07, 6.45) is 3.24. The van der Waals surface area contributed by atoms with E-state index in [4.69, 9.17) is 11.6 Å². The van der Waals surface area contributed by atoms with E-state index in [0.29, 0.717) is 6.54 Å². The number of benzene rings is 1. The van der Waals surface area contributed by atoms with Crippen LogP contribution in [0.1, 0.15) is 24.8 Å².